The van der Waals surface area contributed by atoms with Crippen LogP contribution in [0.15, 0.2) is 23.2 Å². The summed E-state index contributed by atoms with van der Waals surface area (Å²) in [6.45, 7) is 3.13. The SMILES string of the molecule is COc1ccc(NC(N)=NCCC2CCN(C)CC2)cc1Cl. The largest absolute Gasteiger partial charge is 0.495 e. The molecule has 6 heteroatoms. The van der Waals surface area contributed by atoms with Crippen molar-refractivity contribution in [3.05, 3.63) is 23.2 Å². The van der Waals surface area contributed by atoms with Crippen molar-refractivity contribution in [2.75, 3.05) is 39.1 Å². The maximum atomic E-state index is 6.08. The van der Waals surface area contributed by atoms with E-state index in [0.29, 0.717) is 16.7 Å². The summed E-state index contributed by atoms with van der Waals surface area (Å²) in [5, 5.41) is 3.61. The van der Waals surface area contributed by atoms with Gasteiger partial charge in [0.1, 0.15) is 5.75 Å². The van der Waals surface area contributed by atoms with Gasteiger partial charge in [-0.2, -0.15) is 0 Å². The Balaban J connectivity index is 1.79. The van der Waals surface area contributed by atoms with Gasteiger partial charge >= 0.3 is 0 Å². The van der Waals surface area contributed by atoms with Gasteiger partial charge < -0.3 is 20.7 Å². The second kappa shape index (κ2) is 8.25. The number of hydrogen-bond acceptors (Lipinski definition) is 3. The molecule has 1 aromatic rings. The highest BCUT2D eigenvalue weighted by molar-refractivity contribution is 6.32. The summed E-state index contributed by atoms with van der Waals surface area (Å²) in [5.41, 5.74) is 6.73. The Morgan fingerprint density at radius 3 is 2.82 bits per heavy atom. The van der Waals surface area contributed by atoms with Gasteiger partial charge in [0.05, 0.1) is 12.1 Å². The third kappa shape index (κ3) is 5.07. The van der Waals surface area contributed by atoms with Crippen LogP contribution < -0.4 is 15.8 Å². The number of guanidine groups is 1. The van der Waals surface area contributed by atoms with Gasteiger partial charge in [0.2, 0.25) is 0 Å². The van der Waals surface area contributed by atoms with Crippen molar-refractivity contribution in [3.63, 3.8) is 0 Å². The van der Waals surface area contributed by atoms with E-state index in [-0.39, 0.29) is 0 Å². The molecular formula is C16H25ClN4O. The molecule has 3 N–H and O–H groups in total. The number of likely N-dealkylation sites (tertiary alicyclic amines) is 1. The minimum Gasteiger partial charge on any atom is -0.495 e. The third-order valence-electron chi connectivity index (χ3n) is 4.08. The maximum Gasteiger partial charge on any atom is 0.193 e. The Kier molecular flexibility index (Phi) is 6.34. The van der Waals surface area contributed by atoms with Crippen LogP contribution in [0.2, 0.25) is 5.02 Å². The summed E-state index contributed by atoms with van der Waals surface area (Å²) in [4.78, 5) is 6.78. The minimum atomic E-state index is 0.425. The van der Waals surface area contributed by atoms with E-state index in [9.17, 15) is 0 Å². The van der Waals surface area contributed by atoms with Crippen molar-refractivity contribution in [3.8, 4) is 5.75 Å². The average molecular weight is 325 g/mol. The van der Waals surface area contributed by atoms with Crippen LogP contribution in [-0.2, 0) is 0 Å². The van der Waals surface area contributed by atoms with Crippen LogP contribution in [0.5, 0.6) is 5.75 Å². The molecule has 5 nitrogen and oxygen atoms in total. The molecule has 2 rings (SSSR count). The van der Waals surface area contributed by atoms with Gasteiger partial charge in [-0.1, -0.05) is 11.6 Å². The van der Waals surface area contributed by atoms with Crippen LogP contribution in [0.3, 0.4) is 0 Å². The lowest BCUT2D eigenvalue weighted by Gasteiger charge is -2.28. The molecule has 1 aliphatic heterocycles. The molecule has 0 aromatic heterocycles. The van der Waals surface area contributed by atoms with Crippen LogP contribution in [0, 0.1) is 5.92 Å². The first-order valence-corrected chi connectivity index (χ1v) is 8.05. The lowest BCUT2D eigenvalue weighted by molar-refractivity contribution is 0.214. The first-order valence-electron chi connectivity index (χ1n) is 7.67. The molecule has 1 heterocycles. The number of halogens is 1. The first kappa shape index (κ1) is 16.9. The van der Waals surface area contributed by atoms with Crippen LogP contribution in [0.4, 0.5) is 5.69 Å². The van der Waals surface area contributed by atoms with Crippen molar-refractivity contribution in [2.45, 2.75) is 19.3 Å². The Hall–Kier alpha value is -1.46. The Bertz CT molecular complexity index is 513. The Labute approximate surface area is 137 Å². The number of methoxy groups -OCH3 is 1. The van der Waals surface area contributed by atoms with E-state index in [1.807, 2.05) is 6.07 Å². The van der Waals surface area contributed by atoms with E-state index < -0.39 is 0 Å². The Morgan fingerprint density at radius 1 is 1.45 bits per heavy atom. The molecule has 122 valence electrons. The van der Waals surface area contributed by atoms with Gasteiger partial charge in [0.25, 0.3) is 0 Å². The van der Waals surface area contributed by atoms with Gasteiger partial charge in [0, 0.05) is 12.2 Å². The molecule has 0 amide bonds. The molecule has 0 atom stereocenters. The molecule has 0 saturated carbocycles. The number of ether oxygens (including phenoxy) is 1. The summed E-state index contributed by atoms with van der Waals surface area (Å²) in [6.07, 6.45) is 3.61. The molecule has 1 saturated heterocycles. The summed E-state index contributed by atoms with van der Waals surface area (Å²) in [5.74, 6) is 1.84. The highest BCUT2D eigenvalue weighted by Gasteiger charge is 2.15. The van der Waals surface area contributed by atoms with E-state index in [1.54, 1.807) is 19.2 Å². The predicted octanol–water partition coefficient (Wildman–Crippen LogP) is 2.81. The lowest BCUT2D eigenvalue weighted by atomic mass is 9.94. The fraction of sp³-hybridized carbons (Fsp3) is 0.562. The highest BCUT2D eigenvalue weighted by Crippen LogP contribution is 2.27. The molecule has 1 fully saturated rings. The number of piperidine rings is 1. The highest BCUT2D eigenvalue weighted by atomic mass is 35.5. The van der Waals surface area contributed by atoms with E-state index in [1.165, 1.54) is 25.9 Å². The van der Waals surface area contributed by atoms with Crippen LogP contribution in [0.1, 0.15) is 19.3 Å². The van der Waals surface area contributed by atoms with Crippen LogP contribution >= 0.6 is 11.6 Å². The van der Waals surface area contributed by atoms with Crippen molar-refractivity contribution < 1.29 is 4.74 Å². The number of nitrogens with two attached hydrogens (primary N) is 1. The Morgan fingerprint density at radius 2 is 2.18 bits per heavy atom. The quantitative estimate of drug-likeness (QED) is 0.646. The smallest absolute Gasteiger partial charge is 0.193 e. The summed E-state index contributed by atoms with van der Waals surface area (Å²) in [6, 6.07) is 5.44. The average Bonchev–Trinajstić information content (AvgIpc) is 2.49. The van der Waals surface area contributed by atoms with E-state index in [2.05, 4.69) is 22.3 Å². The minimum absolute atomic E-state index is 0.425. The topological polar surface area (TPSA) is 62.9 Å². The number of anilines is 1. The van der Waals surface area contributed by atoms with Crippen LogP contribution in [-0.4, -0.2) is 44.7 Å². The number of benzene rings is 1. The molecule has 22 heavy (non-hydrogen) atoms. The number of aliphatic imine (C=N–C) groups is 1. The van der Waals surface area contributed by atoms with Crippen LogP contribution in [0.25, 0.3) is 0 Å². The van der Waals surface area contributed by atoms with Crippen molar-refractivity contribution >= 4 is 23.2 Å². The standard InChI is InChI=1S/C16H25ClN4O/c1-21-9-6-12(7-10-21)5-8-19-16(18)20-13-3-4-15(22-2)14(17)11-13/h3-4,11-12H,5-10H2,1-2H3,(H3,18,19,20). The fourth-order valence-corrected chi connectivity index (χ4v) is 2.91. The van der Waals surface area contributed by atoms with E-state index in [0.717, 1.165) is 24.6 Å². The third-order valence-corrected chi connectivity index (χ3v) is 4.38. The molecule has 0 radical (unpaired) electrons. The molecule has 1 aromatic carbocycles. The first-order chi connectivity index (χ1) is 10.6. The molecular weight excluding hydrogens is 300 g/mol. The fourth-order valence-electron chi connectivity index (χ4n) is 2.65. The van der Waals surface area contributed by atoms with Crippen molar-refractivity contribution in [1.29, 1.82) is 0 Å². The van der Waals surface area contributed by atoms with Crippen molar-refractivity contribution in [2.24, 2.45) is 16.6 Å². The monoisotopic (exact) mass is 324 g/mol. The molecule has 0 spiro atoms. The van der Waals surface area contributed by atoms with E-state index >= 15 is 0 Å². The summed E-state index contributed by atoms with van der Waals surface area (Å²) in [7, 11) is 3.77. The summed E-state index contributed by atoms with van der Waals surface area (Å²) < 4.78 is 5.12. The second-order valence-corrected chi connectivity index (χ2v) is 6.18. The second-order valence-electron chi connectivity index (χ2n) is 5.78. The normalized spacial score (nSPS) is 17.5. The van der Waals surface area contributed by atoms with Gasteiger partial charge in [0.15, 0.2) is 5.96 Å². The van der Waals surface area contributed by atoms with Gasteiger partial charge in [-0.3, -0.25) is 4.99 Å². The molecule has 0 unspecified atom stereocenters. The lowest BCUT2D eigenvalue weighted by Crippen LogP contribution is -2.30. The molecule has 1 aliphatic rings. The van der Waals surface area contributed by atoms with Crippen molar-refractivity contribution in [1.82, 2.24) is 4.90 Å². The predicted molar refractivity (Wildman–Crippen MR) is 93.0 cm³/mol. The number of nitrogens with zero attached hydrogens (tertiary/aromatic N) is 2. The maximum absolute atomic E-state index is 6.08. The number of nitrogens with one attached hydrogen (secondary N) is 1. The zero-order valence-electron chi connectivity index (χ0n) is 13.3. The van der Waals surface area contributed by atoms with Gasteiger partial charge in [-0.25, -0.2) is 0 Å². The van der Waals surface area contributed by atoms with Gasteiger partial charge in [-0.05, 0) is 63.5 Å². The van der Waals surface area contributed by atoms with E-state index in [4.69, 9.17) is 22.1 Å². The number of rotatable bonds is 5. The molecule has 0 bridgehead atoms. The zero-order valence-corrected chi connectivity index (χ0v) is 14.1. The number of hydrogen-bond donors (Lipinski definition) is 2. The molecule has 0 aliphatic carbocycles. The van der Waals surface area contributed by atoms with Gasteiger partial charge in [-0.15, -0.1) is 0 Å². The summed E-state index contributed by atoms with van der Waals surface area (Å²) >= 11 is 6.08. The zero-order chi connectivity index (χ0) is 15.9.